The van der Waals surface area contributed by atoms with Gasteiger partial charge in [-0.05, 0) is 63.1 Å². The molecule has 10 heteroatoms. The summed E-state index contributed by atoms with van der Waals surface area (Å²) in [6.07, 6.45) is -0.129. The molecule has 0 aliphatic heterocycles. The van der Waals surface area contributed by atoms with E-state index in [9.17, 15) is 19.9 Å². The fourth-order valence-electron chi connectivity index (χ4n) is 3.17. The average Bonchev–Trinajstić information content (AvgIpc) is 2.82. The molecular formula is C24H36NO8P. The van der Waals surface area contributed by atoms with Gasteiger partial charge in [0.15, 0.2) is 6.35 Å². The van der Waals surface area contributed by atoms with Crippen LogP contribution in [0.3, 0.4) is 0 Å². The van der Waals surface area contributed by atoms with Gasteiger partial charge in [-0.2, -0.15) is 0 Å². The van der Waals surface area contributed by atoms with Crippen LogP contribution in [0.2, 0.25) is 0 Å². The molecule has 2 atom stereocenters. The quantitative estimate of drug-likeness (QED) is 0.258. The van der Waals surface area contributed by atoms with E-state index in [2.05, 4.69) is 5.32 Å². The van der Waals surface area contributed by atoms with E-state index in [4.69, 9.17) is 18.5 Å². The first-order valence-electron chi connectivity index (χ1n) is 11.3. The van der Waals surface area contributed by atoms with Crippen LogP contribution in [0.15, 0.2) is 42.5 Å². The zero-order valence-electron chi connectivity index (χ0n) is 20.0. The van der Waals surface area contributed by atoms with Crippen molar-refractivity contribution < 1.29 is 38.4 Å². The van der Waals surface area contributed by atoms with Crippen molar-refractivity contribution in [3.63, 3.8) is 0 Å². The maximum absolute atomic E-state index is 12.5. The summed E-state index contributed by atoms with van der Waals surface area (Å²) >= 11 is 0. The van der Waals surface area contributed by atoms with Gasteiger partial charge in [-0.25, -0.2) is 0 Å². The van der Waals surface area contributed by atoms with Crippen LogP contribution in [0.5, 0.6) is 17.2 Å². The molecule has 0 aromatic heterocycles. The Bertz CT molecular complexity index is 898. The normalized spacial score (nSPS) is 13.4. The highest BCUT2D eigenvalue weighted by molar-refractivity contribution is 7.53. The van der Waals surface area contributed by atoms with Crippen LogP contribution in [-0.4, -0.2) is 60.2 Å². The molecule has 0 spiro atoms. The predicted molar refractivity (Wildman–Crippen MR) is 129 cm³/mol. The van der Waals surface area contributed by atoms with Crippen molar-refractivity contribution in [3.05, 3.63) is 53.6 Å². The van der Waals surface area contributed by atoms with Crippen molar-refractivity contribution in [1.29, 1.82) is 0 Å². The second-order valence-electron chi connectivity index (χ2n) is 7.79. The van der Waals surface area contributed by atoms with Gasteiger partial charge < -0.3 is 39.2 Å². The molecule has 0 saturated carbocycles. The van der Waals surface area contributed by atoms with Gasteiger partial charge in [0.1, 0.15) is 30.0 Å². The molecule has 0 bridgehead atoms. The summed E-state index contributed by atoms with van der Waals surface area (Å²) in [4.78, 5) is 0. The molecule has 190 valence electrons. The molecule has 0 radical (unpaired) electrons. The number of aromatic hydroxyl groups is 1. The Morgan fingerprint density at radius 3 is 2.26 bits per heavy atom. The number of hydrogen-bond acceptors (Lipinski definition) is 9. The number of aliphatic hydroxyl groups is 2. The minimum absolute atomic E-state index is 0.00139. The van der Waals surface area contributed by atoms with Crippen molar-refractivity contribution in [3.8, 4) is 17.2 Å². The number of ether oxygens (including phenoxy) is 2. The van der Waals surface area contributed by atoms with Gasteiger partial charge in [-0.3, -0.25) is 4.57 Å². The van der Waals surface area contributed by atoms with E-state index in [-0.39, 0.29) is 44.6 Å². The highest BCUT2D eigenvalue weighted by atomic mass is 31.2. The monoisotopic (exact) mass is 497 g/mol. The van der Waals surface area contributed by atoms with Crippen molar-refractivity contribution in [2.75, 3.05) is 32.7 Å². The van der Waals surface area contributed by atoms with Crippen molar-refractivity contribution in [2.24, 2.45) is 0 Å². The molecule has 2 aromatic carbocycles. The van der Waals surface area contributed by atoms with Gasteiger partial charge in [0.05, 0.1) is 19.8 Å². The smallest absolute Gasteiger partial charge is 0.367 e. The third-order valence-electron chi connectivity index (χ3n) is 4.87. The van der Waals surface area contributed by atoms with E-state index in [0.29, 0.717) is 23.6 Å². The fraction of sp³-hybridized carbons (Fsp3) is 0.500. The minimum atomic E-state index is -3.26. The molecule has 0 amide bonds. The third kappa shape index (κ3) is 9.62. The fourth-order valence-corrected chi connectivity index (χ4v) is 4.49. The highest BCUT2D eigenvalue weighted by Crippen LogP contribution is 2.47. The number of phenols is 1. The van der Waals surface area contributed by atoms with E-state index in [1.807, 2.05) is 31.2 Å². The van der Waals surface area contributed by atoms with Crippen molar-refractivity contribution in [1.82, 2.24) is 5.32 Å². The Balaban J connectivity index is 1.74. The van der Waals surface area contributed by atoms with Crippen LogP contribution in [0.1, 0.15) is 31.9 Å². The molecule has 4 N–H and O–H groups in total. The number of rotatable bonds is 16. The Morgan fingerprint density at radius 1 is 1.00 bits per heavy atom. The van der Waals surface area contributed by atoms with E-state index >= 15 is 0 Å². The van der Waals surface area contributed by atoms with E-state index in [0.717, 1.165) is 12.0 Å². The van der Waals surface area contributed by atoms with Gasteiger partial charge in [0.2, 0.25) is 0 Å². The molecule has 9 nitrogen and oxygen atoms in total. The average molecular weight is 498 g/mol. The lowest BCUT2D eigenvalue weighted by Gasteiger charge is -2.19. The zero-order chi connectivity index (χ0) is 25.0. The first-order chi connectivity index (χ1) is 16.3. The Labute approximate surface area is 201 Å². The predicted octanol–water partition coefficient (Wildman–Crippen LogP) is 3.45. The third-order valence-corrected chi connectivity index (χ3v) is 6.62. The highest BCUT2D eigenvalue weighted by Gasteiger charge is 2.24. The standard InChI is InChI=1S/C24H36NO8P/c1-4-32-34(29,33-5-2)17-31-22-8-6-19(7-9-22)12-18(3)25-14-21(27)16-30-23-10-11-24(28)20(13-23)15-26/h6-11,13,18,21,25-28H,4-5,12,14-17H2,1-3H3/t18-,21+/m0/s1. The number of aliphatic hydroxyl groups excluding tert-OH is 2. The summed E-state index contributed by atoms with van der Waals surface area (Å²) in [5.41, 5.74) is 1.45. The van der Waals surface area contributed by atoms with Crippen molar-refractivity contribution >= 4 is 7.60 Å². The van der Waals surface area contributed by atoms with Crippen LogP contribution >= 0.6 is 7.60 Å². The summed E-state index contributed by atoms with van der Waals surface area (Å²) in [5, 5.41) is 32.3. The van der Waals surface area contributed by atoms with E-state index in [1.54, 1.807) is 19.9 Å². The van der Waals surface area contributed by atoms with Crippen LogP contribution < -0.4 is 14.8 Å². The summed E-state index contributed by atoms with van der Waals surface area (Å²) in [6, 6.07) is 12.2. The van der Waals surface area contributed by atoms with Gasteiger partial charge in [-0.1, -0.05) is 12.1 Å². The van der Waals surface area contributed by atoms with Gasteiger partial charge in [0, 0.05) is 18.2 Å². The molecule has 0 saturated heterocycles. The molecule has 0 aliphatic carbocycles. The van der Waals surface area contributed by atoms with E-state index in [1.165, 1.54) is 12.1 Å². The first-order valence-corrected chi connectivity index (χ1v) is 13.1. The molecular weight excluding hydrogens is 461 g/mol. The molecule has 0 aliphatic rings. The lowest BCUT2D eigenvalue weighted by Crippen LogP contribution is -2.37. The molecule has 0 heterocycles. The second-order valence-corrected chi connectivity index (χ2v) is 9.79. The Hall–Kier alpha value is -2.13. The van der Waals surface area contributed by atoms with Gasteiger partial charge in [-0.15, -0.1) is 0 Å². The van der Waals surface area contributed by atoms with Gasteiger partial charge in [0.25, 0.3) is 0 Å². The minimum Gasteiger partial charge on any atom is -0.508 e. The number of hydrogen-bond donors (Lipinski definition) is 4. The lowest BCUT2D eigenvalue weighted by molar-refractivity contribution is 0.104. The molecule has 2 aromatic rings. The van der Waals surface area contributed by atoms with Crippen molar-refractivity contribution in [2.45, 2.75) is 45.9 Å². The number of nitrogens with one attached hydrogen (secondary N) is 1. The largest absolute Gasteiger partial charge is 0.508 e. The lowest BCUT2D eigenvalue weighted by atomic mass is 10.1. The summed E-state index contributed by atoms with van der Waals surface area (Å²) in [5.74, 6) is 1.05. The van der Waals surface area contributed by atoms with Crippen LogP contribution in [0.4, 0.5) is 0 Å². The summed E-state index contributed by atoms with van der Waals surface area (Å²) < 4.78 is 34.1. The zero-order valence-corrected chi connectivity index (χ0v) is 20.9. The second kappa shape index (κ2) is 14.3. The summed E-state index contributed by atoms with van der Waals surface area (Å²) in [7, 11) is -3.26. The van der Waals surface area contributed by atoms with Crippen LogP contribution in [-0.2, 0) is 26.6 Å². The number of benzene rings is 2. The maximum atomic E-state index is 12.5. The SMILES string of the molecule is CCOP(=O)(COc1ccc(C[C@H](C)NC[C@@H](O)COc2ccc(O)c(CO)c2)cc1)OCC. The van der Waals surface area contributed by atoms with Crippen LogP contribution in [0, 0.1) is 0 Å². The molecule has 0 unspecified atom stereocenters. The maximum Gasteiger partial charge on any atom is 0.367 e. The molecule has 0 fully saturated rings. The topological polar surface area (TPSA) is 127 Å². The van der Waals surface area contributed by atoms with Crippen LogP contribution in [0.25, 0.3) is 0 Å². The Kier molecular flexibility index (Phi) is 11.8. The Morgan fingerprint density at radius 2 is 1.65 bits per heavy atom. The van der Waals surface area contributed by atoms with E-state index < -0.39 is 13.7 Å². The summed E-state index contributed by atoms with van der Waals surface area (Å²) in [6.45, 7) is 6.23. The molecule has 2 rings (SSSR count). The van der Waals surface area contributed by atoms with Gasteiger partial charge >= 0.3 is 7.60 Å². The first kappa shape index (κ1) is 28.1. The molecule has 34 heavy (non-hydrogen) atoms.